The Labute approximate surface area is 138 Å². The van der Waals surface area contributed by atoms with E-state index in [4.69, 9.17) is 9.15 Å². The van der Waals surface area contributed by atoms with E-state index in [9.17, 15) is 9.59 Å². The Balaban J connectivity index is 1.59. The molecule has 23 heavy (non-hydrogen) atoms. The zero-order valence-electron chi connectivity index (χ0n) is 12.4. The van der Waals surface area contributed by atoms with Gasteiger partial charge in [0.15, 0.2) is 6.61 Å². The minimum absolute atomic E-state index is 0.293. The summed E-state index contributed by atoms with van der Waals surface area (Å²) in [6.45, 7) is 0.116. The average molecular weight is 331 g/mol. The van der Waals surface area contributed by atoms with Gasteiger partial charge in [-0.3, -0.25) is 4.79 Å². The molecule has 1 amide bonds. The van der Waals surface area contributed by atoms with Gasteiger partial charge in [-0.25, -0.2) is 4.79 Å². The molecule has 1 N–H and O–H groups in total. The zero-order valence-corrected chi connectivity index (χ0v) is 13.3. The van der Waals surface area contributed by atoms with E-state index < -0.39 is 5.97 Å². The quantitative estimate of drug-likeness (QED) is 0.595. The van der Waals surface area contributed by atoms with Gasteiger partial charge in [0.2, 0.25) is 0 Å². The number of thioether (sulfide) groups is 1. The van der Waals surface area contributed by atoms with Crippen LogP contribution in [0.15, 0.2) is 64.6 Å². The lowest BCUT2D eigenvalue weighted by atomic mass is 10.2. The van der Waals surface area contributed by atoms with Gasteiger partial charge in [-0.05, 0) is 23.1 Å². The molecular formula is C17H17NO4S. The topological polar surface area (TPSA) is 68.5 Å². The number of rotatable bonds is 8. The Morgan fingerprint density at radius 3 is 2.74 bits per heavy atom. The molecule has 0 bridgehead atoms. The predicted octanol–water partition coefficient (Wildman–Crippen LogP) is 2.89. The Morgan fingerprint density at radius 1 is 1.17 bits per heavy atom. The summed E-state index contributed by atoms with van der Waals surface area (Å²) in [5.41, 5.74) is 0.987. The van der Waals surface area contributed by atoms with Crippen molar-refractivity contribution in [2.75, 3.05) is 6.61 Å². The number of hydrogen-bond acceptors (Lipinski definition) is 5. The number of nitrogens with one attached hydrogen (secondary N) is 1. The Bertz CT molecular complexity index is 638. The van der Waals surface area contributed by atoms with Crippen molar-refractivity contribution >= 4 is 23.6 Å². The molecule has 120 valence electrons. The van der Waals surface area contributed by atoms with E-state index in [1.165, 1.54) is 17.8 Å². The number of carbonyl (C=O) groups is 2. The molecule has 2 aromatic rings. The molecule has 0 aliphatic heterocycles. The highest BCUT2D eigenvalue weighted by molar-refractivity contribution is 8.01. The Morgan fingerprint density at radius 2 is 2.00 bits per heavy atom. The standard InChI is InChI=1S/C17H17NO4S/c19-16(18-11-14-5-2-1-3-6-14)12-22-17(20)8-10-23-13-15-7-4-9-21-15/h1-10H,11-13H2,(H,18,19)/b10-8+. The number of carbonyl (C=O) groups excluding carboxylic acids is 2. The number of ether oxygens (including phenoxy) is 1. The van der Waals surface area contributed by atoms with Crippen molar-refractivity contribution in [1.82, 2.24) is 5.32 Å². The van der Waals surface area contributed by atoms with Crippen LogP contribution in [-0.2, 0) is 26.6 Å². The lowest BCUT2D eigenvalue weighted by molar-refractivity contribution is -0.143. The molecule has 6 heteroatoms. The van der Waals surface area contributed by atoms with Gasteiger partial charge in [-0.1, -0.05) is 30.3 Å². The minimum Gasteiger partial charge on any atom is -0.468 e. The van der Waals surface area contributed by atoms with Crippen LogP contribution < -0.4 is 5.32 Å². The number of hydrogen-bond donors (Lipinski definition) is 1. The van der Waals surface area contributed by atoms with Gasteiger partial charge in [0, 0.05) is 12.6 Å². The second kappa shape index (κ2) is 9.53. The van der Waals surface area contributed by atoms with E-state index in [0.717, 1.165) is 11.3 Å². The van der Waals surface area contributed by atoms with Crippen molar-refractivity contribution in [2.24, 2.45) is 0 Å². The van der Waals surface area contributed by atoms with Gasteiger partial charge < -0.3 is 14.5 Å². The van der Waals surface area contributed by atoms with Crippen LogP contribution in [0, 0.1) is 0 Å². The van der Waals surface area contributed by atoms with Crippen molar-refractivity contribution in [3.63, 3.8) is 0 Å². The lowest BCUT2D eigenvalue weighted by Gasteiger charge is -2.05. The first-order valence-corrected chi connectivity index (χ1v) is 8.07. The summed E-state index contributed by atoms with van der Waals surface area (Å²) in [6.07, 6.45) is 2.89. The van der Waals surface area contributed by atoms with Crippen LogP contribution in [0.4, 0.5) is 0 Å². The molecular weight excluding hydrogens is 314 g/mol. The summed E-state index contributed by atoms with van der Waals surface area (Å²) >= 11 is 1.41. The van der Waals surface area contributed by atoms with Gasteiger partial charge in [0.05, 0.1) is 12.0 Å². The van der Waals surface area contributed by atoms with E-state index in [1.54, 1.807) is 11.7 Å². The highest BCUT2D eigenvalue weighted by atomic mass is 32.2. The molecule has 0 atom stereocenters. The third-order valence-corrected chi connectivity index (χ3v) is 3.56. The van der Waals surface area contributed by atoms with Gasteiger partial charge in [-0.15, -0.1) is 11.8 Å². The van der Waals surface area contributed by atoms with Crippen molar-refractivity contribution in [3.05, 3.63) is 71.5 Å². The van der Waals surface area contributed by atoms with Gasteiger partial charge in [0.25, 0.3) is 5.91 Å². The molecule has 0 aliphatic rings. The Hall–Kier alpha value is -2.47. The fourth-order valence-corrected chi connectivity index (χ4v) is 2.29. The maximum Gasteiger partial charge on any atom is 0.331 e. The summed E-state index contributed by atoms with van der Waals surface area (Å²) < 4.78 is 10.0. The summed E-state index contributed by atoms with van der Waals surface area (Å²) in [7, 11) is 0. The Kier molecular flexibility index (Phi) is 7.00. The van der Waals surface area contributed by atoms with E-state index in [2.05, 4.69) is 5.32 Å². The number of benzene rings is 1. The van der Waals surface area contributed by atoms with Crippen molar-refractivity contribution in [3.8, 4) is 0 Å². The van der Waals surface area contributed by atoms with Gasteiger partial charge in [-0.2, -0.15) is 0 Å². The second-order valence-electron chi connectivity index (χ2n) is 4.56. The third-order valence-electron chi connectivity index (χ3n) is 2.78. The molecule has 0 fully saturated rings. The molecule has 1 heterocycles. The first-order chi connectivity index (χ1) is 11.2. The largest absolute Gasteiger partial charge is 0.468 e. The smallest absolute Gasteiger partial charge is 0.331 e. The fraction of sp³-hybridized carbons (Fsp3) is 0.176. The summed E-state index contributed by atoms with van der Waals surface area (Å²) in [5.74, 6) is 0.577. The van der Waals surface area contributed by atoms with E-state index >= 15 is 0 Å². The average Bonchev–Trinajstić information content (AvgIpc) is 3.09. The van der Waals surface area contributed by atoms with Crippen LogP contribution in [0.5, 0.6) is 0 Å². The van der Waals surface area contributed by atoms with E-state index in [1.807, 2.05) is 42.5 Å². The first kappa shape index (κ1) is 16.9. The second-order valence-corrected chi connectivity index (χ2v) is 5.46. The molecule has 0 unspecified atom stereocenters. The molecule has 0 saturated heterocycles. The number of esters is 1. The van der Waals surface area contributed by atoms with E-state index in [0.29, 0.717) is 12.3 Å². The fourth-order valence-electron chi connectivity index (χ4n) is 1.66. The van der Waals surface area contributed by atoms with Crippen LogP contribution in [0.3, 0.4) is 0 Å². The summed E-state index contributed by atoms with van der Waals surface area (Å²) in [6, 6.07) is 13.2. The highest BCUT2D eigenvalue weighted by Crippen LogP contribution is 2.13. The van der Waals surface area contributed by atoms with Crippen molar-refractivity contribution in [2.45, 2.75) is 12.3 Å². The minimum atomic E-state index is -0.549. The van der Waals surface area contributed by atoms with Crippen molar-refractivity contribution < 1.29 is 18.7 Å². The molecule has 2 rings (SSSR count). The van der Waals surface area contributed by atoms with Crippen LogP contribution in [-0.4, -0.2) is 18.5 Å². The SMILES string of the molecule is O=C(COC(=O)/C=C/SCc1ccco1)NCc1ccccc1. The third kappa shape index (κ3) is 6.88. The zero-order chi connectivity index (χ0) is 16.3. The normalized spacial score (nSPS) is 10.6. The van der Waals surface area contributed by atoms with Crippen LogP contribution in [0.25, 0.3) is 0 Å². The van der Waals surface area contributed by atoms with Gasteiger partial charge in [0.1, 0.15) is 5.76 Å². The van der Waals surface area contributed by atoms with Gasteiger partial charge >= 0.3 is 5.97 Å². The van der Waals surface area contributed by atoms with Crippen LogP contribution >= 0.6 is 11.8 Å². The molecule has 0 aliphatic carbocycles. The first-order valence-electron chi connectivity index (χ1n) is 7.02. The molecule has 1 aromatic heterocycles. The molecule has 5 nitrogen and oxygen atoms in total. The molecule has 0 saturated carbocycles. The van der Waals surface area contributed by atoms with Crippen LogP contribution in [0.2, 0.25) is 0 Å². The maximum absolute atomic E-state index is 11.6. The molecule has 0 radical (unpaired) electrons. The number of amides is 1. The van der Waals surface area contributed by atoms with Crippen LogP contribution in [0.1, 0.15) is 11.3 Å². The lowest BCUT2D eigenvalue weighted by Crippen LogP contribution is -2.28. The van der Waals surface area contributed by atoms with Crippen molar-refractivity contribution in [1.29, 1.82) is 0 Å². The summed E-state index contributed by atoms with van der Waals surface area (Å²) in [4.78, 5) is 23.0. The number of furan rings is 1. The highest BCUT2D eigenvalue weighted by Gasteiger charge is 2.04. The molecule has 0 spiro atoms. The molecule has 1 aromatic carbocycles. The summed E-state index contributed by atoms with van der Waals surface area (Å²) in [5, 5.41) is 4.30. The maximum atomic E-state index is 11.6. The van der Waals surface area contributed by atoms with E-state index in [-0.39, 0.29) is 12.5 Å². The monoisotopic (exact) mass is 331 g/mol. The predicted molar refractivity (Wildman–Crippen MR) is 88.4 cm³/mol.